The molecule has 1 N–H and O–H groups in total. The molecule has 3 rings (SSSR count). The summed E-state index contributed by atoms with van der Waals surface area (Å²) < 4.78 is 33.9. The minimum absolute atomic E-state index is 0.0789. The van der Waals surface area contributed by atoms with E-state index in [9.17, 15) is 18.0 Å². The Hall–Kier alpha value is -3.85. The van der Waals surface area contributed by atoms with Gasteiger partial charge in [0.15, 0.2) is 0 Å². The van der Waals surface area contributed by atoms with Crippen molar-refractivity contribution in [2.24, 2.45) is 0 Å². The molecule has 0 aromatic heterocycles. The number of aryl methyl sites for hydroxylation is 2. The highest BCUT2D eigenvalue weighted by atomic mass is 32.2. The van der Waals surface area contributed by atoms with Crippen molar-refractivity contribution in [3.8, 4) is 5.75 Å². The summed E-state index contributed by atoms with van der Waals surface area (Å²) in [6, 6.07) is 19.8. The van der Waals surface area contributed by atoms with Gasteiger partial charge in [0.25, 0.3) is 10.0 Å². The predicted octanol–water partition coefficient (Wildman–Crippen LogP) is 3.67. The third-order valence-corrected chi connectivity index (χ3v) is 7.97. The van der Waals surface area contributed by atoms with Crippen molar-refractivity contribution in [3.05, 3.63) is 89.5 Å². The second-order valence-corrected chi connectivity index (χ2v) is 10.6. The van der Waals surface area contributed by atoms with E-state index in [0.29, 0.717) is 17.0 Å². The largest absolute Gasteiger partial charge is 0.497 e. The van der Waals surface area contributed by atoms with Gasteiger partial charge in [-0.1, -0.05) is 48.0 Å². The number of anilines is 1. The van der Waals surface area contributed by atoms with Crippen LogP contribution in [0.15, 0.2) is 77.7 Å². The number of nitrogens with zero attached hydrogens (tertiary/aromatic N) is 2. The summed E-state index contributed by atoms with van der Waals surface area (Å²) in [4.78, 5) is 27.8. The zero-order valence-electron chi connectivity index (χ0n) is 21.8. The van der Waals surface area contributed by atoms with Gasteiger partial charge in [-0.25, -0.2) is 8.42 Å². The molecule has 0 spiro atoms. The predicted molar refractivity (Wildman–Crippen MR) is 144 cm³/mol. The summed E-state index contributed by atoms with van der Waals surface area (Å²) in [5, 5.41) is 2.57. The van der Waals surface area contributed by atoms with Crippen LogP contribution in [0.25, 0.3) is 0 Å². The lowest BCUT2D eigenvalue weighted by Gasteiger charge is -2.32. The molecule has 9 heteroatoms. The molecule has 0 heterocycles. The number of ether oxygens (including phenoxy) is 1. The van der Waals surface area contributed by atoms with Crippen LogP contribution in [0.5, 0.6) is 5.75 Å². The van der Waals surface area contributed by atoms with Gasteiger partial charge in [0, 0.05) is 13.6 Å². The number of hydrogen-bond acceptors (Lipinski definition) is 5. The monoisotopic (exact) mass is 523 g/mol. The topological polar surface area (TPSA) is 96.0 Å². The van der Waals surface area contributed by atoms with Gasteiger partial charge in [-0.2, -0.15) is 0 Å². The summed E-state index contributed by atoms with van der Waals surface area (Å²) in [7, 11) is -1.03. The Bertz CT molecular complexity index is 1340. The van der Waals surface area contributed by atoms with Gasteiger partial charge in [0.1, 0.15) is 18.3 Å². The first kappa shape index (κ1) is 27.7. The number of methoxy groups -OCH3 is 1. The van der Waals surface area contributed by atoms with Crippen molar-refractivity contribution in [1.29, 1.82) is 0 Å². The van der Waals surface area contributed by atoms with Crippen LogP contribution in [0.3, 0.4) is 0 Å². The SMILES string of the molecule is CNC(=O)[C@@H](C)N(Cc1ccc(OC)cc1)C(=O)CN(c1ccccc1C)S(=O)(=O)c1ccc(C)cc1. The molecule has 0 saturated carbocycles. The number of amides is 2. The molecule has 196 valence electrons. The van der Waals surface area contributed by atoms with Gasteiger partial charge in [-0.3, -0.25) is 13.9 Å². The van der Waals surface area contributed by atoms with E-state index in [1.165, 1.54) is 24.1 Å². The summed E-state index contributed by atoms with van der Waals surface area (Å²) in [5.41, 5.74) is 2.79. The quantitative estimate of drug-likeness (QED) is 0.438. The Morgan fingerprint density at radius 2 is 1.57 bits per heavy atom. The van der Waals surface area contributed by atoms with Crippen molar-refractivity contribution in [2.75, 3.05) is 25.0 Å². The first-order chi connectivity index (χ1) is 17.6. The maximum atomic E-state index is 13.8. The number of para-hydroxylation sites is 1. The third kappa shape index (κ3) is 6.48. The molecule has 0 saturated heterocycles. The van der Waals surface area contributed by atoms with Crippen LogP contribution in [0.2, 0.25) is 0 Å². The Morgan fingerprint density at radius 1 is 0.946 bits per heavy atom. The van der Waals surface area contributed by atoms with E-state index in [0.717, 1.165) is 15.4 Å². The number of carbonyl (C=O) groups excluding carboxylic acids is 2. The van der Waals surface area contributed by atoms with Crippen LogP contribution in [0.1, 0.15) is 23.6 Å². The molecule has 0 aliphatic carbocycles. The van der Waals surface area contributed by atoms with Crippen molar-refractivity contribution in [1.82, 2.24) is 10.2 Å². The van der Waals surface area contributed by atoms with Crippen molar-refractivity contribution in [2.45, 2.75) is 38.3 Å². The zero-order valence-corrected chi connectivity index (χ0v) is 22.6. The number of benzene rings is 3. The van der Waals surface area contributed by atoms with Gasteiger partial charge in [-0.05, 0) is 62.2 Å². The number of hydrogen-bond donors (Lipinski definition) is 1. The van der Waals surface area contributed by atoms with E-state index in [4.69, 9.17) is 4.74 Å². The van der Waals surface area contributed by atoms with Gasteiger partial charge >= 0.3 is 0 Å². The lowest BCUT2D eigenvalue weighted by molar-refractivity contribution is -0.139. The van der Waals surface area contributed by atoms with Crippen molar-refractivity contribution >= 4 is 27.5 Å². The molecule has 0 aliphatic heterocycles. The molecule has 0 unspecified atom stereocenters. The van der Waals surface area contributed by atoms with Crippen molar-refractivity contribution < 1.29 is 22.7 Å². The highest BCUT2D eigenvalue weighted by Gasteiger charge is 2.32. The van der Waals surface area contributed by atoms with Gasteiger partial charge in [0.2, 0.25) is 11.8 Å². The fourth-order valence-electron chi connectivity index (χ4n) is 3.91. The van der Waals surface area contributed by atoms with Crippen LogP contribution in [0, 0.1) is 13.8 Å². The molecule has 3 aromatic carbocycles. The normalized spacial score (nSPS) is 11.9. The van der Waals surface area contributed by atoms with E-state index >= 15 is 0 Å². The Kier molecular flexibility index (Phi) is 8.94. The number of nitrogens with one attached hydrogen (secondary N) is 1. The second kappa shape index (κ2) is 11.9. The molecule has 0 fully saturated rings. The maximum absolute atomic E-state index is 13.8. The number of likely N-dealkylation sites (N-methyl/N-ethyl adjacent to an activating group) is 1. The molecule has 37 heavy (non-hydrogen) atoms. The number of sulfonamides is 1. The van der Waals surface area contributed by atoms with E-state index in [1.54, 1.807) is 81.6 Å². The van der Waals surface area contributed by atoms with Gasteiger partial charge in [-0.15, -0.1) is 0 Å². The fourth-order valence-corrected chi connectivity index (χ4v) is 5.39. The summed E-state index contributed by atoms with van der Waals surface area (Å²) >= 11 is 0. The van der Waals surface area contributed by atoms with E-state index in [2.05, 4.69) is 5.32 Å². The summed E-state index contributed by atoms with van der Waals surface area (Å²) in [5.74, 6) is -0.201. The summed E-state index contributed by atoms with van der Waals surface area (Å²) in [6.07, 6.45) is 0. The van der Waals surface area contributed by atoms with E-state index in [1.807, 2.05) is 6.92 Å². The third-order valence-electron chi connectivity index (χ3n) is 6.20. The Labute approximate surface area is 218 Å². The smallest absolute Gasteiger partial charge is 0.264 e. The van der Waals surface area contributed by atoms with Crippen LogP contribution in [-0.4, -0.2) is 51.9 Å². The molecule has 2 amide bonds. The fraction of sp³-hybridized carbons (Fsp3) is 0.286. The molecule has 0 bridgehead atoms. The molecule has 8 nitrogen and oxygen atoms in total. The molecule has 0 radical (unpaired) electrons. The minimum Gasteiger partial charge on any atom is -0.497 e. The second-order valence-electron chi connectivity index (χ2n) is 8.77. The van der Waals surface area contributed by atoms with Crippen LogP contribution >= 0.6 is 0 Å². The van der Waals surface area contributed by atoms with Crippen LogP contribution in [-0.2, 0) is 26.2 Å². The van der Waals surface area contributed by atoms with Crippen molar-refractivity contribution in [3.63, 3.8) is 0 Å². The van der Waals surface area contributed by atoms with Gasteiger partial charge in [0.05, 0.1) is 17.7 Å². The maximum Gasteiger partial charge on any atom is 0.264 e. The molecular formula is C28H33N3O5S. The average Bonchev–Trinajstić information content (AvgIpc) is 2.90. The average molecular weight is 524 g/mol. The Morgan fingerprint density at radius 3 is 2.14 bits per heavy atom. The van der Waals surface area contributed by atoms with Gasteiger partial charge < -0.3 is 15.0 Å². The molecular weight excluding hydrogens is 490 g/mol. The highest BCUT2D eigenvalue weighted by Crippen LogP contribution is 2.27. The number of rotatable bonds is 10. The Balaban J connectivity index is 2.03. The van der Waals surface area contributed by atoms with E-state index in [-0.39, 0.29) is 17.3 Å². The number of carbonyl (C=O) groups is 2. The van der Waals surface area contributed by atoms with Crippen LogP contribution in [0.4, 0.5) is 5.69 Å². The molecule has 3 aromatic rings. The first-order valence-electron chi connectivity index (χ1n) is 11.9. The van der Waals surface area contributed by atoms with E-state index < -0.39 is 28.5 Å². The molecule has 1 atom stereocenters. The minimum atomic E-state index is -4.09. The summed E-state index contributed by atoms with van der Waals surface area (Å²) in [6.45, 7) is 4.92. The lowest BCUT2D eigenvalue weighted by atomic mass is 10.1. The lowest BCUT2D eigenvalue weighted by Crippen LogP contribution is -2.50. The molecule has 0 aliphatic rings. The first-order valence-corrected chi connectivity index (χ1v) is 13.3. The zero-order chi connectivity index (χ0) is 27.2. The standard InChI is InChI=1S/C28H33N3O5S/c1-20-10-16-25(17-11-20)37(34,35)31(26-9-7-6-8-21(26)2)19-27(32)30(22(3)28(33)29-4)18-23-12-14-24(36-5)15-13-23/h6-17,22H,18-19H2,1-5H3,(H,29,33)/t22-/m1/s1. The van der Waals surface area contributed by atoms with Crippen LogP contribution < -0.4 is 14.4 Å². The highest BCUT2D eigenvalue weighted by molar-refractivity contribution is 7.92.